The lowest BCUT2D eigenvalue weighted by atomic mass is 10.2. The van der Waals surface area contributed by atoms with Crippen molar-refractivity contribution >= 4 is 11.2 Å². The summed E-state index contributed by atoms with van der Waals surface area (Å²) < 4.78 is 15.4. The van der Waals surface area contributed by atoms with Crippen molar-refractivity contribution in [2.24, 2.45) is 0 Å². The summed E-state index contributed by atoms with van der Waals surface area (Å²) >= 11 is 0. The van der Waals surface area contributed by atoms with Crippen molar-refractivity contribution in [1.29, 1.82) is 0 Å². The van der Waals surface area contributed by atoms with Gasteiger partial charge < -0.3 is 14.7 Å². The van der Waals surface area contributed by atoms with Crippen LogP contribution >= 0.6 is 0 Å². The molecule has 124 valence electrons. The molecular weight excluding hydrogens is 323 g/mol. The van der Waals surface area contributed by atoms with E-state index in [2.05, 4.69) is 15.0 Å². The van der Waals surface area contributed by atoms with Gasteiger partial charge in [-0.1, -0.05) is 30.3 Å². The Balaban J connectivity index is 1.80. The van der Waals surface area contributed by atoms with Crippen LogP contribution in [-0.4, -0.2) is 24.6 Å². The maximum atomic E-state index is 13.8. The molecule has 4 aromatic rings. The third kappa shape index (κ3) is 2.76. The normalized spacial score (nSPS) is 11.1. The summed E-state index contributed by atoms with van der Waals surface area (Å²) in [5.41, 5.74) is 1.18. The Hall–Kier alpha value is -3.48. The van der Waals surface area contributed by atoms with Crippen LogP contribution in [0.3, 0.4) is 0 Å². The van der Waals surface area contributed by atoms with Crippen LogP contribution in [0.5, 0.6) is 5.75 Å². The molecule has 0 atom stereocenters. The zero-order valence-electron chi connectivity index (χ0n) is 13.0. The van der Waals surface area contributed by atoms with Gasteiger partial charge in [0.15, 0.2) is 11.2 Å². The van der Waals surface area contributed by atoms with E-state index in [-0.39, 0.29) is 34.8 Å². The zero-order valence-corrected chi connectivity index (χ0v) is 13.0. The quantitative estimate of drug-likeness (QED) is 0.602. The van der Waals surface area contributed by atoms with Crippen molar-refractivity contribution in [3.63, 3.8) is 0 Å². The Bertz CT molecular complexity index is 1130. The number of aromatic hydroxyl groups is 1. The molecule has 2 heterocycles. The lowest BCUT2D eigenvalue weighted by Crippen LogP contribution is -2.14. The van der Waals surface area contributed by atoms with Crippen molar-refractivity contribution in [1.82, 2.24) is 19.5 Å². The van der Waals surface area contributed by atoms with Gasteiger partial charge >= 0.3 is 0 Å². The van der Waals surface area contributed by atoms with Crippen LogP contribution in [0.2, 0.25) is 0 Å². The molecule has 0 unspecified atom stereocenters. The number of rotatable bonds is 3. The molecule has 25 heavy (non-hydrogen) atoms. The molecule has 0 saturated heterocycles. The highest BCUT2D eigenvalue weighted by atomic mass is 19.1. The molecule has 0 bridgehead atoms. The van der Waals surface area contributed by atoms with Crippen LogP contribution < -0.4 is 5.56 Å². The number of phenols is 1. The molecule has 0 amide bonds. The topological polar surface area (TPSA) is 83.8 Å². The van der Waals surface area contributed by atoms with E-state index in [1.807, 2.05) is 0 Å². The predicted octanol–water partition coefficient (Wildman–Crippen LogP) is 2.68. The van der Waals surface area contributed by atoms with Crippen LogP contribution in [0.15, 0.2) is 59.7 Å². The molecular formula is C18H13FN4O2. The fourth-order valence-electron chi connectivity index (χ4n) is 2.71. The van der Waals surface area contributed by atoms with E-state index >= 15 is 0 Å². The van der Waals surface area contributed by atoms with Gasteiger partial charge in [0.2, 0.25) is 0 Å². The van der Waals surface area contributed by atoms with Gasteiger partial charge in [-0.25, -0.2) is 14.4 Å². The van der Waals surface area contributed by atoms with Crippen molar-refractivity contribution in [2.45, 2.75) is 6.54 Å². The summed E-state index contributed by atoms with van der Waals surface area (Å²) in [5.74, 6) is 0.0417. The molecule has 0 saturated carbocycles. The third-order valence-corrected chi connectivity index (χ3v) is 3.90. The SMILES string of the molecule is O=c1[nH]c(-c2cccc(O)c2)nc2ncn(Cc3ccccc3F)c12. The first-order valence-corrected chi connectivity index (χ1v) is 7.60. The number of nitrogens with one attached hydrogen (secondary N) is 1. The largest absolute Gasteiger partial charge is 0.508 e. The van der Waals surface area contributed by atoms with Gasteiger partial charge in [-0.15, -0.1) is 0 Å². The van der Waals surface area contributed by atoms with Gasteiger partial charge in [0.25, 0.3) is 5.56 Å². The molecule has 2 aromatic carbocycles. The van der Waals surface area contributed by atoms with Gasteiger partial charge in [0.1, 0.15) is 17.4 Å². The molecule has 0 aliphatic carbocycles. The Morgan fingerprint density at radius 1 is 1.16 bits per heavy atom. The van der Waals surface area contributed by atoms with Crippen LogP contribution in [0.25, 0.3) is 22.6 Å². The van der Waals surface area contributed by atoms with Crippen molar-refractivity contribution in [2.75, 3.05) is 0 Å². The lowest BCUT2D eigenvalue weighted by Gasteiger charge is -2.06. The number of benzene rings is 2. The first-order valence-electron chi connectivity index (χ1n) is 7.60. The van der Waals surface area contributed by atoms with E-state index in [0.717, 1.165) is 0 Å². The van der Waals surface area contributed by atoms with Crippen LogP contribution in [0.4, 0.5) is 4.39 Å². The molecule has 2 aromatic heterocycles. The fraction of sp³-hybridized carbons (Fsp3) is 0.0556. The summed E-state index contributed by atoms with van der Waals surface area (Å²) in [4.78, 5) is 23.7. The van der Waals surface area contributed by atoms with Gasteiger partial charge in [0, 0.05) is 11.1 Å². The van der Waals surface area contributed by atoms with E-state index in [4.69, 9.17) is 0 Å². The monoisotopic (exact) mass is 336 g/mol. The van der Waals surface area contributed by atoms with Gasteiger partial charge in [-0.3, -0.25) is 4.79 Å². The highest BCUT2D eigenvalue weighted by Gasteiger charge is 2.13. The van der Waals surface area contributed by atoms with Crippen molar-refractivity contribution in [3.05, 3.63) is 76.6 Å². The number of imidazole rings is 1. The minimum atomic E-state index is -0.378. The molecule has 0 spiro atoms. The van der Waals surface area contributed by atoms with Crippen molar-refractivity contribution in [3.8, 4) is 17.1 Å². The number of nitrogens with zero attached hydrogens (tertiary/aromatic N) is 3. The number of aromatic amines is 1. The highest BCUT2D eigenvalue weighted by molar-refractivity contribution is 5.73. The molecule has 0 aliphatic heterocycles. The number of H-pyrrole nitrogens is 1. The van der Waals surface area contributed by atoms with Crippen LogP contribution in [-0.2, 0) is 6.54 Å². The minimum absolute atomic E-state index is 0.0744. The summed E-state index contributed by atoms with van der Waals surface area (Å²) in [6, 6.07) is 12.8. The molecule has 7 heteroatoms. The van der Waals surface area contributed by atoms with E-state index in [1.54, 1.807) is 34.9 Å². The van der Waals surface area contributed by atoms with Gasteiger partial charge in [0.05, 0.1) is 12.9 Å². The van der Waals surface area contributed by atoms with E-state index in [0.29, 0.717) is 17.0 Å². The Labute approximate surface area is 141 Å². The second kappa shape index (κ2) is 5.86. The summed E-state index contributed by atoms with van der Waals surface area (Å²) in [7, 11) is 0. The number of aromatic nitrogens is 4. The lowest BCUT2D eigenvalue weighted by molar-refractivity contribution is 0.475. The molecule has 4 rings (SSSR count). The average molecular weight is 336 g/mol. The first-order chi connectivity index (χ1) is 12.1. The second-order valence-electron chi connectivity index (χ2n) is 5.60. The van der Waals surface area contributed by atoms with Gasteiger partial charge in [-0.05, 0) is 18.2 Å². The Morgan fingerprint density at radius 3 is 2.80 bits per heavy atom. The number of phenolic OH excluding ortho intramolecular Hbond substituents is 1. The number of halogens is 1. The predicted molar refractivity (Wildman–Crippen MR) is 90.8 cm³/mol. The summed E-state index contributed by atoms with van der Waals surface area (Å²) in [6.07, 6.45) is 1.46. The summed E-state index contributed by atoms with van der Waals surface area (Å²) in [6.45, 7) is 0.180. The molecule has 0 aliphatic rings. The molecule has 2 N–H and O–H groups in total. The smallest absolute Gasteiger partial charge is 0.277 e. The number of fused-ring (bicyclic) bond motifs is 1. The first kappa shape index (κ1) is 15.1. The van der Waals surface area contributed by atoms with E-state index in [1.165, 1.54) is 24.5 Å². The van der Waals surface area contributed by atoms with Crippen LogP contribution in [0, 0.1) is 5.82 Å². The van der Waals surface area contributed by atoms with Crippen molar-refractivity contribution < 1.29 is 9.50 Å². The molecule has 6 nitrogen and oxygen atoms in total. The van der Waals surface area contributed by atoms with Crippen LogP contribution in [0.1, 0.15) is 5.56 Å². The number of hydrogen-bond donors (Lipinski definition) is 2. The van der Waals surface area contributed by atoms with E-state index in [9.17, 15) is 14.3 Å². The standard InChI is InChI=1S/C18H13FN4O2/c19-14-7-2-1-4-12(14)9-23-10-20-17-15(23)18(25)22-16(21-17)11-5-3-6-13(24)8-11/h1-8,10,24H,9H2,(H,21,22,25). The molecule has 0 radical (unpaired) electrons. The molecule has 0 fully saturated rings. The average Bonchev–Trinajstić information content (AvgIpc) is 3.00. The minimum Gasteiger partial charge on any atom is -0.508 e. The maximum absolute atomic E-state index is 13.8. The fourth-order valence-corrected chi connectivity index (χ4v) is 2.71. The van der Waals surface area contributed by atoms with Gasteiger partial charge in [-0.2, -0.15) is 0 Å². The summed E-state index contributed by atoms with van der Waals surface area (Å²) in [5, 5.41) is 9.58. The number of hydrogen-bond acceptors (Lipinski definition) is 4. The highest BCUT2D eigenvalue weighted by Crippen LogP contribution is 2.20. The third-order valence-electron chi connectivity index (χ3n) is 3.90. The second-order valence-corrected chi connectivity index (χ2v) is 5.60. The Morgan fingerprint density at radius 2 is 2.00 bits per heavy atom. The zero-order chi connectivity index (χ0) is 17.4. The maximum Gasteiger partial charge on any atom is 0.277 e. The van der Waals surface area contributed by atoms with E-state index < -0.39 is 0 Å². The Kier molecular flexibility index (Phi) is 3.53.